The number of carboxylic acid groups (broad SMARTS) is 1. The fourth-order valence-electron chi connectivity index (χ4n) is 2.54. The molecule has 0 aliphatic carbocycles. The lowest BCUT2D eigenvalue weighted by Gasteiger charge is -2.26. The highest BCUT2D eigenvalue weighted by Crippen LogP contribution is 2.05. The van der Waals surface area contributed by atoms with E-state index >= 15 is 0 Å². The van der Waals surface area contributed by atoms with Crippen molar-refractivity contribution in [3.8, 4) is 0 Å². The summed E-state index contributed by atoms with van der Waals surface area (Å²) in [6.45, 7) is 1.03. The van der Waals surface area contributed by atoms with Crippen LogP contribution in [0.1, 0.15) is 32.6 Å². The van der Waals surface area contributed by atoms with Gasteiger partial charge < -0.3 is 42.7 Å². The monoisotopic (exact) mass is 465 g/mol. The number of amides is 3. The molecular weight excluding hydrogens is 430 g/mol. The summed E-state index contributed by atoms with van der Waals surface area (Å²) in [5.41, 5.74) is 10.9. The Balaban J connectivity index is 5.31. The molecule has 0 rings (SSSR count). The Labute approximate surface area is 185 Å². The molecule has 0 fully saturated rings. The smallest absolute Gasteiger partial charge is 0.326 e. The molecule has 10 N–H and O–H groups in total. The molecule has 0 bridgehead atoms. The van der Waals surface area contributed by atoms with E-state index in [0.29, 0.717) is 25.1 Å². The predicted molar refractivity (Wildman–Crippen MR) is 116 cm³/mol. The topological polar surface area (TPSA) is 217 Å². The Morgan fingerprint density at radius 3 is 2.06 bits per heavy atom. The summed E-state index contributed by atoms with van der Waals surface area (Å²) in [4.78, 5) is 48.6. The highest BCUT2D eigenvalue weighted by atomic mass is 32.2. The quantitative estimate of drug-likeness (QED) is 0.109. The van der Waals surface area contributed by atoms with E-state index in [4.69, 9.17) is 16.6 Å². The van der Waals surface area contributed by atoms with Crippen LogP contribution in [0.2, 0.25) is 0 Å². The molecule has 180 valence electrons. The van der Waals surface area contributed by atoms with E-state index in [1.165, 1.54) is 18.7 Å². The van der Waals surface area contributed by atoms with Crippen molar-refractivity contribution in [2.24, 2.45) is 11.5 Å². The average Bonchev–Trinajstić information content (AvgIpc) is 2.72. The summed E-state index contributed by atoms with van der Waals surface area (Å²) in [6, 6.07) is -4.93. The second kappa shape index (κ2) is 15.8. The largest absolute Gasteiger partial charge is 0.480 e. The van der Waals surface area contributed by atoms with Crippen LogP contribution in [0.25, 0.3) is 0 Å². The molecule has 5 atom stereocenters. The lowest BCUT2D eigenvalue weighted by molar-refractivity contribution is -0.143. The minimum absolute atomic E-state index is 0.166. The Hall–Kier alpha value is -1.93. The van der Waals surface area contributed by atoms with E-state index < -0.39 is 60.6 Å². The van der Waals surface area contributed by atoms with Gasteiger partial charge in [-0.1, -0.05) is 0 Å². The maximum absolute atomic E-state index is 12.7. The lowest BCUT2D eigenvalue weighted by atomic mass is 10.1. The van der Waals surface area contributed by atoms with Crippen LogP contribution in [0, 0.1) is 0 Å². The number of rotatable bonds is 16. The van der Waals surface area contributed by atoms with Crippen LogP contribution in [-0.4, -0.2) is 94.4 Å². The van der Waals surface area contributed by atoms with Gasteiger partial charge in [-0.15, -0.1) is 0 Å². The minimum atomic E-state index is -1.44. The maximum Gasteiger partial charge on any atom is 0.326 e. The third kappa shape index (κ3) is 11.3. The summed E-state index contributed by atoms with van der Waals surface area (Å²) < 4.78 is 0. The van der Waals surface area contributed by atoms with Gasteiger partial charge >= 0.3 is 5.97 Å². The van der Waals surface area contributed by atoms with Crippen LogP contribution in [0.5, 0.6) is 0 Å². The minimum Gasteiger partial charge on any atom is -0.480 e. The van der Waals surface area contributed by atoms with Crippen LogP contribution < -0.4 is 27.4 Å². The number of carboxylic acids is 1. The summed E-state index contributed by atoms with van der Waals surface area (Å²) >= 11 is 1.41. The molecule has 0 saturated heterocycles. The number of carbonyl (C=O) groups is 4. The number of aliphatic hydroxyl groups excluding tert-OH is 2. The number of hydrogen-bond donors (Lipinski definition) is 8. The second-order valence-electron chi connectivity index (χ2n) is 7.04. The zero-order valence-corrected chi connectivity index (χ0v) is 18.7. The zero-order chi connectivity index (χ0) is 24.0. The van der Waals surface area contributed by atoms with Gasteiger partial charge in [-0.3, -0.25) is 14.4 Å². The molecule has 0 aliphatic rings. The normalized spacial score (nSPS) is 15.8. The zero-order valence-electron chi connectivity index (χ0n) is 17.9. The number of unbranched alkanes of at least 4 members (excludes halogenated alkanes) is 1. The number of aliphatic carboxylic acids is 1. The molecule has 0 aromatic heterocycles. The molecule has 0 aromatic rings. The van der Waals surface area contributed by atoms with Crippen molar-refractivity contribution in [3.05, 3.63) is 0 Å². The van der Waals surface area contributed by atoms with Gasteiger partial charge in [0.15, 0.2) is 0 Å². The average molecular weight is 466 g/mol. The Morgan fingerprint density at radius 2 is 1.58 bits per heavy atom. The molecule has 31 heavy (non-hydrogen) atoms. The van der Waals surface area contributed by atoms with Crippen molar-refractivity contribution in [2.75, 3.05) is 25.2 Å². The second-order valence-corrected chi connectivity index (χ2v) is 8.03. The van der Waals surface area contributed by atoms with Gasteiger partial charge in [-0.05, 0) is 51.2 Å². The molecule has 0 heterocycles. The first-order valence-corrected chi connectivity index (χ1v) is 11.4. The first-order valence-electron chi connectivity index (χ1n) is 9.96. The molecule has 0 spiro atoms. The number of thioether (sulfide) groups is 1. The molecular formula is C18H35N5O7S. The Morgan fingerprint density at radius 1 is 0.968 bits per heavy atom. The van der Waals surface area contributed by atoms with Crippen molar-refractivity contribution in [1.29, 1.82) is 0 Å². The standard InChI is InChI=1S/C18H35N5O7S/c1-10(25)14(17(28)22-13(18(29)30)6-8-31-2)23-16(27)12(5-3-4-7-19)21-15(26)11(20)9-24/h10-14,24-25H,3-9,19-20H2,1-2H3,(H,21,26)(H,22,28)(H,23,27)(H,29,30). The molecule has 3 amide bonds. The van der Waals surface area contributed by atoms with Crippen molar-refractivity contribution >= 4 is 35.5 Å². The van der Waals surface area contributed by atoms with Crippen LogP contribution in [0.3, 0.4) is 0 Å². The number of carbonyl (C=O) groups excluding carboxylic acids is 3. The summed E-state index contributed by atoms with van der Waals surface area (Å²) in [5, 5.41) is 35.3. The summed E-state index contributed by atoms with van der Waals surface area (Å²) in [5.74, 6) is -3.12. The Kier molecular flexibility index (Phi) is 14.8. The maximum atomic E-state index is 12.7. The van der Waals surface area contributed by atoms with Gasteiger partial charge in [0.1, 0.15) is 24.2 Å². The van der Waals surface area contributed by atoms with Crippen molar-refractivity contribution in [2.45, 2.75) is 62.9 Å². The number of nitrogens with one attached hydrogen (secondary N) is 3. The first-order chi connectivity index (χ1) is 14.6. The molecule has 12 nitrogen and oxygen atoms in total. The van der Waals surface area contributed by atoms with E-state index in [2.05, 4.69) is 16.0 Å². The molecule has 0 aromatic carbocycles. The highest BCUT2D eigenvalue weighted by Gasteiger charge is 2.32. The van der Waals surface area contributed by atoms with E-state index in [9.17, 15) is 29.4 Å². The van der Waals surface area contributed by atoms with E-state index in [-0.39, 0.29) is 12.8 Å². The number of nitrogens with two attached hydrogens (primary N) is 2. The fraction of sp³-hybridized carbons (Fsp3) is 0.778. The van der Waals surface area contributed by atoms with Gasteiger partial charge in [-0.2, -0.15) is 11.8 Å². The summed E-state index contributed by atoms with van der Waals surface area (Å²) in [6.07, 6.45) is 1.89. The van der Waals surface area contributed by atoms with Gasteiger partial charge in [-0.25, -0.2) is 4.79 Å². The van der Waals surface area contributed by atoms with Crippen LogP contribution in [0.15, 0.2) is 0 Å². The van der Waals surface area contributed by atoms with Crippen LogP contribution >= 0.6 is 11.8 Å². The van der Waals surface area contributed by atoms with Gasteiger partial charge in [0.05, 0.1) is 12.7 Å². The molecule has 13 heteroatoms. The predicted octanol–water partition coefficient (Wildman–Crippen LogP) is -2.89. The van der Waals surface area contributed by atoms with Gasteiger partial charge in [0, 0.05) is 0 Å². The molecule has 0 radical (unpaired) electrons. The number of aliphatic hydroxyl groups is 2. The van der Waals surface area contributed by atoms with Gasteiger partial charge in [0.2, 0.25) is 17.7 Å². The molecule has 5 unspecified atom stereocenters. The summed E-state index contributed by atoms with van der Waals surface area (Å²) in [7, 11) is 0. The van der Waals surface area contributed by atoms with Crippen molar-refractivity contribution in [3.63, 3.8) is 0 Å². The van der Waals surface area contributed by atoms with Crippen LogP contribution in [-0.2, 0) is 19.2 Å². The Bertz CT molecular complexity index is 594. The fourth-order valence-corrected chi connectivity index (χ4v) is 3.01. The SMILES string of the molecule is CSCCC(NC(=O)C(NC(=O)C(CCCCN)NC(=O)C(N)CO)C(C)O)C(=O)O. The third-order valence-corrected chi connectivity index (χ3v) is 5.05. The van der Waals surface area contributed by atoms with Gasteiger partial charge in [0.25, 0.3) is 0 Å². The highest BCUT2D eigenvalue weighted by molar-refractivity contribution is 7.98. The van der Waals surface area contributed by atoms with Crippen molar-refractivity contribution < 1.29 is 34.5 Å². The molecule has 0 aliphatic heterocycles. The molecule has 0 saturated carbocycles. The van der Waals surface area contributed by atoms with E-state index in [1.54, 1.807) is 6.26 Å². The van der Waals surface area contributed by atoms with E-state index in [0.717, 1.165) is 0 Å². The van der Waals surface area contributed by atoms with E-state index in [1.807, 2.05) is 0 Å². The van der Waals surface area contributed by atoms with Crippen LogP contribution in [0.4, 0.5) is 0 Å². The van der Waals surface area contributed by atoms with Crippen molar-refractivity contribution in [1.82, 2.24) is 16.0 Å². The third-order valence-electron chi connectivity index (χ3n) is 4.40. The lowest BCUT2D eigenvalue weighted by Crippen LogP contribution is -2.60. The number of hydrogen-bond acceptors (Lipinski definition) is 9. The first kappa shape index (κ1) is 29.1.